The quantitative estimate of drug-likeness (QED) is 0.685. The number of carboxylic acids is 1. The van der Waals surface area contributed by atoms with Gasteiger partial charge in [-0.25, -0.2) is 9.59 Å². The summed E-state index contributed by atoms with van der Waals surface area (Å²) in [7, 11) is 0. The summed E-state index contributed by atoms with van der Waals surface area (Å²) in [5.74, 6) is -1.12. The minimum atomic E-state index is -1.21. The molecule has 0 aromatic rings. The molecule has 0 spiro atoms. The van der Waals surface area contributed by atoms with Crippen molar-refractivity contribution in [2.24, 2.45) is 0 Å². The maximum absolute atomic E-state index is 10.7. The molecule has 1 fully saturated rings. The zero-order valence-corrected chi connectivity index (χ0v) is 7.84. The Hall–Kier alpha value is -1.30. The van der Waals surface area contributed by atoms with Gasteiger partial charge < -0.3 is 14.9 Å². The van der Waals surface area contributed by atoms with Gasteiger partial charge in [-0.15, -0.1) is 0 Å². The van der Waals surface area contributed by atoms with Crippen LogP contribution < -0.4 is 0 Å². The fraction of sp³-hybridized carbons (Fsp3) is 0.750. The second-order valence-corrected chi connectivity index (χ2v) is 3.10. The molecule has 1 amide bonds. The molecule has 14 heavy (non-hydrogen) atoms. The molecule has 0 aromatic heterocycles. The van der Waals surface area contributed by atoms with E-state index in [1.807, 2.05) is 0 Å². The SMILES string of the molecule is CCO[C@H]1C[C@@H](C(=O)O)N(C(=O)O)C1. The van der Waals surface area contributed by atoms with Crippen molar-refractivity contribution in [2.45, 2.75) is 25.5 Å². The molecule has 1 aliphatic rings. The maximum atomic E-state index is 10.7. The Balaban J connectivity index is 2.65. The van der Waals surface area contributed by atoms with Crippen LogP contribution in [-0.2, 0) is 9.53 Å². The standard InChI is InChI=1S/C8H13NO5/c1-2-14-5-3-6(7(10)11)9(4-5)8(12)13/h5-6H,2-4H2,1H3,(H,10,11)(H,12,13)/t5-,6-/m0/s1. The Morgan fingerprint density at radius 2 is 2.14 bits per heavy atom. The van der Waals surface area contributed by atoms with Crippen LogP contribution in [-0.4, -0.2) is 52.5 Å². The first-order valence-electron chi connectivity index (χ1n) is 4.40. The summed E-state index contributed by atoms with van der Waals surface area (Å²) in [5.41, 5.74) is 0. The number of carbonyl (C=O) groups is 2. The van der Waals surface area contributed by atoms with Crippen molar-refractivity contribution < 1.29 is 24.5 Å². The van der Waals surface area contributed by atoms with E-state index >= 15 is 0 Å². The molecular weight excluding hydrogens is 190 g/mol. The minimum Gasteiger partial charge on any atom is -0.480 e. The van der Waals surface area contributed by atoms with E-state index in [9.17, 15) is 9.59 Å². The van der Waals surface area contributed by atoms with Gasteiger partial charge in [0.1, 0.15) is 6.04 Å². The second kappa shape index (κ2) is 4.28. The summed E-state index contributed by atoms with van der Waals surface area (Å²) >= 11 is 0. The minimum absolute atomic E-state index is 0.139. The molecule has 0 aliphatic carbocycles. The van der Waals surface area contributed by atoms with E-state index in [0.29, 0.717) is 6.61 Å². The van der Waals surface area contributed by atoms with E-state index in [4.69, 9.17) is 14.9 Å². The molecule has 0 bridgehead atoms. The fourth-order valence-electron chi connectivity index (χ4n) is 1.60. The molecule has 2 atom stereocenters. The van der Waals surface area contributed by atoms with Gasteiger partial charge in [-0.2, -0.15) is 0 Å². The Morgan fingerprint density at radius 3 is 2.50 bits per heavy atom. The topological polar surface area (TPSA) is 87.1 Å². The maximum Gasteiger partial charge on any atom is 0.408 e. The van der Waals surface area contributed by atoms with Crippen LogP contribution in [0.4, 0.5) is 4.79 Å². The van der Waals surface area contributed by atoms with Crippen molar-refractivity contribution in [3.8, 4) is 0 Å². The third kappa shape index (κ3) is 2.14. The van der Waals surface area contributed by atoms with Gasteiger partial charge in [0.2, 0.25) is 0 Å². The Labute approximate surface area is 81.1 Å². The zero-order valence-electron chi connectivity index (χ0n) is 7.84. The van der Waals surface area contributed by atoms with Crippen LogP contribution >= 0.6 is 0 Å². The molecule has 1 saturated heterocycles. The number of hydrogen-bond acceptors (Lipinski definition) is 3. The molecule has 80 valence electrons. The smallest absolute Gasteiger partial charge is 0.408 e. The fourth-order valence-corrected chi connectivity index (χ4v) is 1.60. The van der Waals surface area contributed by atoms with Crippen LogP contribution in [0.1, 0.15) is 13.3 Å². The lowest BCUT2D eigenvalue weighted by atomic mass is 10.2. The largest absolute Gasteiger partial charge is 0.480 e. The van der Waals surface area contributed by atoms with Gasteiger partial charge in [0.05, 0.1) is 12.6 Å². The van der Waals surface area contributed by atoms with Gasteiger partial charge in [0.15, 0.2) is 0 Å². The third-order valence-electron chi connectivity index (χ3n) is 2.20. The van der Waals surface area contributed by atoms with Crippen LogP contribution in [0.2, 0.25) is 0 Å². The molecule has 6 nitrogen and oxygen atoms in total. The third-order valence-corrected chi connectivity index (χ3v) is 2.20. The monoisotopic (exact) mass is 203 g/mol. The number of likely N-dealkylation sites (tertiary alicyclic amines) is 1. The van der Waals surface area contributed by atoms with Gasteiger partial charge in [-0.3, -0.25) is 4.90 Å². The van der Waals surface area contributed by atoms with E-state index in [-0.39, 0.29) is 19.1 Å². The van der Waals surface area contributed by atoms with Crippen LogP contribution in [0.3, 0.4) is 0 Å². The Bertz CT molecular complexity index is 220. The number of hydrogen-bond donors (Lipinski definition) is 2. The highest BCUT2D eigenvalue weighted by molar-refractivity contribution is 5.80. The second-order valence-electron chi connectivity index (χ2n) is 3.10. The molecule has 0 unspecified atom stereocenters. The number of ether oxygens (including phenoxy) is 1. The van der Waals surface area contributed by atoms with Crippen molar-refractivity contribution >= 4 is 12.1 Å². The van der Waals surface area contributed by atoms with E-state index in [1.165, 1.54) is 0 Å². The number of rotatable bonds is 3. The lowest BCUT2D eigenvalue weighted by molar-refractivity contribution is -0.141. The molecule has 2 N–H and O–H groups in total. The highest BCUT2D eigenvalue weighted by atomic mass is 16.5. The number of amides is 1. The highest BCUT2D eigenvalue weighted by Crippen LogP contribution is 2.20. The predicted octanol–water partition coefficient (Wildman–Crippen LogP) is 0.228. The van der Waals surface area contributed by atoms with Crippen molar-refractivity contribution in [3.63, 3.8) is 0 Å². The first kappa shape index (κ1) is 10.8. The molecule has 0 radical (unpaired) electrons. The Morgan fingerprint density at radius 1 is 1.50 bits per heavy atom. The normalized spacial score (nSPS) is 26.5. The van der Waals surface area contributed by atoms with Gasteiger partial charge >= 0.3 is 12.1 Å². The van der Waals surface area contributed by atoms with Crippen molar-refractivity contribution in [2.75, 3.05) is 13.2 Å². The van der Waals surface area contributed by atoms with Gasteiger partial charge in [-0.1, -0.05) is 0 Å². The first-order valence-corrected chi connectivity index (χ1v) is 4.40. The predicted molar refractivity (Wildman–Crippen MR) is 46.2 cm³/mol. The summed E-state index contributed by atoms with van der Waals surface area (Å²) in [6.07, 6.45) is -1.27. The molecule has 6 heteroatoms. The van der Waals surface area contributed by atoms with Crippen molar-refractivity contribution in [3.05, 3.63) is 0 Å². The van der Waals surface area contributed by atoms with Crippen molar-refractivity contribution in [1.29, 1.82) is 0 Å². The average Bonchev–Trinajstić information content (AvgIpc) is 2.49. The Kier molecular flexibility index (Phi) is 3.29. The number of carboxylic acid groups (broad SMARTS) is 2. The summed E-state index contributed by atoms with van der Waals surface area (Å²) < 4.78 is 5.20. The van der Waals surface area contributed by atoms with E-state index < -0.39 is 18.1 Å². The van der Waals surface area contributed by atoms with Crippen LogP contribution in [0, 0.1) is 0 Å². The zero-order chi connectivity index (χ0) is 10.7. The lowest BCUT2D eigenvalue weighted by Crippen LogP contribution is -2.39. The summed E-state index contributed by atoms with van der Waals surface area (Å²) in [4.78, 5) is 22.3. The van der Waals surface area contributed by atoms with E-state index in [1.54, 1.807) is 6.92 Å². The van der Waals surface area contributed by atoms with Crippen LogP contribution in [0.25, 0.3) is 0 Å². The summed E-state index contributed by atoms with van der Waals surface area (Å²) in [6.45, 7) is 2.39. The van der Waals surface area contributed by atoms with Crippen LogP contribution in [0.5, 0.6) is 0 Å². The molecular formula is C8H13NO5. The average molecular weight is 203 g/mol. The molecule has 1 aliphatic heterocycles. The van der Waals surface area contributed by atoms with E-state index in [2.05, 4.69) is 0 Å². The van der Waals surface area contributed by atoms with E-state index in [0.717, 1.165) is 4.90 Å². The molecule has 0 aromatic carbocycles. The number of aliphatic carboxylic acids is 1. The molecule has 0 saturated carbocycles. The van der Waals surface area contributed by atoms with Gasteiger partial charge in [0, 0.05) is 13.0 Å². The lowest BCUT2D eigenvalue weighted by Gasteiger charge is -2.16. The highest BCUT2D eigenvalue weighted by Gasteiger charge is 2.40. The van der Waals surface area contributed by atoms with Gasteiger partial charge in [-0.05, 0) is 6.92 Å². The van der Waals surface area contributed by atoms with Gasteiger partial charge in [0.25, 0.3) is 0 Å². The first-order chi connectivity index (χ1) is 6.56. The summed E-state index contributed by atoms with van der Waals surface area (Å²) in [5, 5.41) is 17.5. The van der Waals surface area contributed by atoms with Crippen molar-refractivity contribution in [1.82, 2.24) is 4.90 Å². The van der Waals surface area contributed by atoms with Crippen LogP contribution in [0.15, 0.2) is 0 Å². The number of nitrogens with zero attached hydrogens (tertiary/aromatic N) is 1. The summed E-state index contributed by atoms with van der Waals surface area (Å²) in [6, 6.07) is -0.968. The molecule has 1 heterocycles. The molecule has 1 rings (SSSR count).